The highest BCUT2D eigenvalue weighted by Gasteiger charge is 2.07. The molecule has 0 unspecified atom stereocenters. The van der Waals surface area contributed by atoms with Crippen LogP contribution in [-0.2, 0) is 0 Å². The summed E-state index contributed by atoms with van der Waals surface area (Å²) in [4.78, 5) is 0. The van der Waals surface area contributed by atoms with E-state index >= 15 is 0 Å². The summed E-state index contributed by atoms with van der Waals surface area (Å²) in [6, 6.07) is 6.37. The van der Waals surface area contributed by atoms with Gasteiger partial charge in [0.05, 0.1) is 13.2 Å². The van der Waals surface area contributed by atoms with E-state index in [1.165, 1.54) is 16.3 Å². The first-order valence-corrected chi connectivity index (χ1v) is 9.17. The number of hydrogen-bond donors (Lipinski definition) is 2. The summed E-state index contributed by atoms with van der Waals surface area (Å²) in [6.07, 6.45) is 3.57. The molecule has 0 fully saturated rings. The van der Waals surface area contributed by atoms with Crippen molar-refractivity contribution in [2.45, 2.75) is 13.8 Å². The zero-order valence-corrected chi connectivity index (χ0v) is 12.7. The van der Waals surface area contributed by atoms with Gasteiger partial charge in [-0.25, -0.2) is 0 Å². The summed E-state index contributed by atoms with van der Waals surface area (Å²) in [5.74, 6) is 4.11. The molecule has 0 saturated carbocycles. The predicted molar refractivity (Wildman–Crippen MR) is 80.7 cm³/mol. The number of rotatable bonds is 6. The van der Waals surface area contributed by atoms with E-state index in [-0.39, 0.29) is 13.2 Å². The van der Waals surface area contributed by atoms with E-state index in [1.807, 2.05) is 0 Å². The molecule has 1 aromatic carbocycles. The molecule has 0 bridgehead atoms. The first-order valence-electron chi connectivity index (χ1n) is 5.85. The van der Waals surface area contributed by atoms with Crippen LogP contribution in [0.3, 0.4) is 0 Å². The lowest BCUT2D eigenvalue weighted by Gasteiger charge is -2.11. The Kier molecular flexibility index (Phi) is 7.14. The molecule has 2 N–H and O–H groups in total. The second kappa shape index (κ2) is 8.38. The minimum Gasteiger partial charge on any atom is -0.392 e. The predicted octanol–water partition coefficient (Wildman–Crippen LogP) is 2.04. The van der Waals surface area contributed by atoms with Crippen LogP contribution in [0.15, 0.2) is 42.0 Å². The van der Waals surface area contributed by atoms with E-state index in [0.717, 1.165) is 0 Å². The standard InChI is InChI=1S/C14H19O2PSi/c1-12-6-3-7-14(13(12)2)18-17(10-4-8-15)11-5-9-16/h3-7,10-11,15-16H,8-9H2,1-2H3. The molecular formula is C14H19O2PSi. The molecule has 96 valence electrons. The molecule has 0 aliphatic heterocycles. The molecule has 2 nitrogen and oxygen atoms in total. The van der Waals surface area contributed by atoms with E-state index in [9.17, 15) is 0 Å². The van der Waals surface area contributed by atoms with E-state index in [0.29, 0.717) is 9.19 Å². The Morgan fingerprint density at radius 3 is 2.28 bits per heavy atom. The summed E-state index contributed by atoms with van der Waals surface area (Å²) >= 11 is 0. The van der Waals surface area contributed by atoms with E-state index in [2.05, 4.69) is 43.7 Å². The lowest BCUT2D eigenvalue weighted by molar-refractivity contribution is 0.343. The van der Waals surface area contributed by atoms with Crippen LogP contribution in [0.5, 0.6) is 0 Å². The zero-order valence-electron chi connectivity index (χ0n) is 10.8. The van der Waals surface area contributed by atoms with E-state index in [4.69, 9.17) is 10.2 Å². The summed E-state index contributed by atoms with van der Waals surface area (Å²) in [5, 5.41) is 19.1. The maximum absolute atomic E-state index is 8.86. The SMILES string of the molecule is Cc1cccc([Si]P(C=CCO)C=CCO)c1C. The lowest BCUT2D eigenvalue weighted by Crippen LogP contribution is -2.16. The van der Waals surface area contributed by atoms with Crippen molar-refractivity contribution < 1.29 is 10.2 Å². The highest BCUT2D eigenvalue weighted by atomic mass is 31.4. The molecule has 0 aliphatic rings. The molecule has 1 rings (SSSR count). The number of aryl methyl sites for hydroxylation is 1. The molecule has 0 aliphatic carbocycles. The molecule has 2 radical (unpaired) electrons. The fraction of sp³-hybridized carbons (Fsp3) is 0.286. The van der Waals surface area contributed by atoms with Crippen molar-refractivity contribution in [3.05, 3.63) is 53.1 Å². The third-order valence-corrected chi connectivity index (χ3v) is 7.09. The van der Waals surface area contributed by atoms with Crippen LogP contribution < -0.4 is 5.19 Å². The molecule has 18 heavy (non-hydrogen) atoms. The van der Waals surface area contributed by atoms with Crippen LogP contribution >= 0.6 is 7.47 Å². The van der Waals surface area contributed by atoms with Crippen molar-refractivity contribution in [1.82, 2.24) is 0 Å². The second-order valence-electron chi connectivity index (χ2n) is 3.90. The average molecular weight is 278 g/mol. The summed E-state index contributed by atoms with van der Waals surface area (Å²) in [7, 11) is 0.249. The Morgan fingerprint density at radius 1 is 1.11 bits per heavy atom. The molecule has 0 amide bonds. The van der Waals surface area contributed by atoms with Gasteiger partial charge in [0.15, 0.2) is 0 Å². The Morgan fingerprint density at radius 2 is 1.72 bits per heavy atom. The monoisotopic (exact) mass is 278 g/mol. The molecule has 4 heteroatoms. The van der Waals surface area contributed by atoms with Crippen LogP contribution in [0.2, 0.25) is 0 Å². The van der Waals surface area contributed by atoms with Gasteiger partial charge in [0.25, 0.3) is 0 Å². The van der Waals surface area contributed by atoms with Crippen LogP contribution in [0, 0.1) is 13.8 Å². The van der Waals surface area contributed by atoms with Gasteiger partial charge in [-0.1, -0.05) is 54.6 Å². The number of hydrogen-bond acceptors (Lipinski definition) is 2. The average Bonchev–Trinajstić information content (AvgIpc) is 2.38. The number of benzene rings is 1. The van der Waals surface area contributed by atoms with Crippen molar-refractivity contribution in [1.29, 1.82) is 0 Å². The minimum atomic E-state index is -0.431. The van der Waals surface area contributed by atoms with Gasteiger partial charge in [0, 0.05) is 0 Å². The van der Waals surface area contributed by atoms with Crippen LogP contribution in [0.4, 0.5) is 0 Å². The molecule has 0 heterocycles. The van der Waals surface area contributed by atoms with Gasteiger partial charge in [-0.3, -0.25) is 0 Å². The quantitative estimate of drug-likeness (QED) is 0.617. The van der Waals surface area contributed by atoms with Gasteiger partial charge < -0.3 is 10.2 Å². The van der Waals surface area contributed by atoms with Gasteiger partial charge in [0.2, 0.25) is 0 Å². The van der Waals surface area contributed by atoms with E-state index in [1.54, 1.807) is 12.2 Å². The van der Waals surface area contributed by atoms with E-state index < -0.39 is 7.47 Å². The normalized spacial score (nSPS) is 13.6. The Balaban J connectivity index is 2.85. The van der Waals surface area contributed by atoms with Gasteiger partial charge in [-0.05, 0) is 25.0 Å². The fourth-order valence-corrected chi connectivity index (χ4v) is 5.80. The van der Waals surface area contributed by atoms with Crippen molar-refractivity contribution in [2.24, 2.45) is 0 Å². The fourth-order valence-electron chi connectivity index (χ4n) is 1.46. The topological polar surface area (TPSA) is 40.5 Å². The first kappa shape index (κ1) is 15.3. The molecule has 0 atom stereocenters. The largest absolute Gasteiger partial charge is 0.392 e. The smallest absolute Gasteiger partial charge is 0.126 e. The Labute approximate surface area is 112 Å². The molecular weight excluding hydrogens is 259 g/mol. The zero-order chi connectivity index (χ0) is 13.4. The third kappa shape index (κ3) is 4.87. The highest BCUT2D eigenvalue weighted by molar-refractivity contribution is 7.92. The summed E-state index contributed by atoms with van der Waals surface area (Å²) < 4.78 is 0. The molecule has 1 aromatic rings. The van der Waals surface area contributed by atoms with Crippen molar-refractivity contribution >= 4 is 21.8 Å². The second-order valence-corrected chi connectivity index (χ2v) is 8.29. The van der Waals surface area contributed by atoms with Gasteiger partial charge in [0.1, 0.15) is 9.19 Å². The van der Waals surface area contributed by atoms with Gasteiger partial charge in [-0.2, -0.15) is 0 Å². The van der Waals surface area contributed by atoms with Crippen molar-refractivity contribution in [2.75, 3.05) is 13.2 Å². The highest BCUT2D eigenvalue weighted by Crippen LogP contribution is 2.36. The number of aliphatic hydroxyl groups is 2. The van der Waals surface area contributed by atoms with Gasteiger partial charge in [-0.15, -0.1) is 0 Å². The first-order chi connectivity index (χ1) is 8.69. The Bertz CT molecular complexity index is 416. The maximum Gasteiger partial charge on any atom is 0.126 e. The molecule has 0 saturated heterocycles. The van der Waals surface area contributed by atoms with Crippen LogP contribution in [0.25, 0.3) is 0 Å². The van der Waals surface area contributed by atoms with Crippen molar-refractivity contribution in [3.8, 4) is 0 Å². The van der Waals surface area contributed by atoms with Crippen LogP contribution in [-0.4, -0.2) is 32.6 Å². The lowest BCUT2D eigenvalue weighted by atomic mass is 10.1. The summed E-state index contributed by atoms with van der Waals surface area (Å²) in [6.45, 7) is 4.42. The maximum atomic E-state index is 8.86. The number of aliphatic hydroxyl groups excluding tert-OH is 2. The molecule has 0 aromatic heterocycles. The minimum absolute atomic E-state index is 0.0725. The van der Waals surface area contributed by atoms with Crippen LogP contribution in [0.1, 0.15) is 11.1 Å². The molecule has 0 spiro atoms. The van der Waals surface area contributed by atoms with Crippen molar-refractivity contribution in [3.63, 3.8) is 0 Å². The summed E-state index contributed by atoms with van der Waals surface area (Å²) in [5.41, 5.74) is 2.66. The van der Waals surface area contributed by atoms with Gasteiger partial charge >= 0.3 is 0 Å². The Hall–Kier alpha value is -0.733. The third-order valence-electron chi connectivity index (χ3n) is 2.60.